The normalized spacial score (nSPS) is 11.2. The Morgan fingerprint density at radius 3 is 1.89 bits per heavy atom. The monoisotopic (exact) mass is 242 g/mol. The van der Waals surface area contributed by atoms with Crippen molar-refractivity contribution in [3.8, 4) is 0 Å². The van der Waals surface area contributed by atoms with Crippen molar-refractivity contribution in [3.63, 3.8) is 0 Å². The Labute approximate surface area is 58.8 Å². The van der Waals surface area contributed by atoms with Crippen molar-refractivity contribution in [2.45, 2.75) is 19.3 Å². The van der Waals surface area contributed by atoms with Crippen molar-refractivity contribution < 1.29 is 8.78 Å². The van der Waals surface area contributed by atoms with Gasteiger partial charge in [0.2, 0.25) is 0 Å². The Hall–Kier alpha value is 0.399. The number of hydrogen-bond acceptors (Lipinski definition) is 0. The van der Waals surface area contributed by atoms with Gasteiger partial charge in [-0.15, -0.1) is 0 Å². The minimum absolute atomic E-state index is 0.650. The van der Waals surface area contributed by atoms with Crippen LogP contribution in [0.15, 0.2) is 12.2 Å². The third-order valence-corrected chi connectivity index (χ3v) is 4.95. The van der Waals surface area contributed by atoms with Crippen LogP contribution >= 0.6 is 0 Å². The van der Waals surface area contributed by atoms with Crippen LogP contribution in [0.1, 0.15) is 0 Å². The molecule has 0 rings (SSSR count). The Morgan fingerprint density at radius 1 is 1.33 bits per heavy atom. The molecule has 0 amide bonds. The molecule has 0 aliphatic heterocycles. The summed E-state index contributed by atoms with van der Waals surface area (Å²) >= 11 is -1.92. The van der Waals surface area contributed by atoms with Crippen LogP contribution in [-0.4, -0.2) is 18.4 Å². The van der Waals surface area contributed by atoms with Crippen molar-refractivity contribution in [1.29, 1.82) is 0 Å². The standard InChI is InChI=1S/C3H3F2.3CH3.Sn/c1-2-3(4)5;;;;/h2H,1H2;3*1H3;. The molecule has 0 atom stereocenters. The van der Waals surface area contributed by atoms with Gasteiger partial charge in [-0.3, -0.25) is 0 Å². The Morgan fingerprint density at radius 2 is 1.78 bits per heavy atom. The van der Waals surface area contributed by atoms with Crippen LogP contribution in [0.5, 0.6) is 0 Å². The molecule has 0 heterocycles. The van der Waals surface area contributed by atoms with Crippen molar-refractivity contribution in [3.05, 3.63) is 12.2 Å². The zero-order chi connectivity index (χ0) is 7.49. The molecule has 0 nitrogen and oxygen atoms in total. The number of allylic oxidation sites excluding steroid dienone is 1. The van der Waals surface area contributed by atoms with E-state index in [1.54, 1.807) is 0 Å². The van der Waals surface area contributed by atoms with Crippen molar-refractivity contribution in [2.75, 3.05) is 0 Å². The second-order valence-electron chi connectivity index (χ2n) is 3.26. The molecule has 54 valence electrons. The first-order chi connectivity index (χ1) is 3.92. The van der Waals surface area contributed by atoms with E-state index < -0.39 is 24.5 Å². The third kappa shape index (κ3) is 8.40. The maximum absolute atomic E-state index is 11.5. The van der Waals surface area contributed by atoms with Gasteiger partial charge in [0.1, 0.15) is 0 Å². The third-order valence-electron chi connectivity index (χ3n) is 0.869. The van der Waals surface area contributed by atoms with E-state index in [9.17, 15) is 8.78 Å². The molecule has 0 aliphatic rings. The summed E-state index contributed by atoms with van der Waals surface area (Å²) in [5.74, 6) is 0. The fourth-order valence-corrected chi connectivity index (χ4v) is 2.57. The predicted molar refractivity (Wildman–Crippen MR) is 38.5 cm³/mol. The second-order valence-corrected chi connectivity index (χ2v) is 19.0. The van der Waals surface area contributed by atoms with E-state index in [1.807, 2.05) is 0 Å². The summed E-state index contributed by atoms with van der Waals surface area (Å²) in [7, 11) is 0. The van der Waals surface area contributed by atoms with Crippen LogP contribution in [-0.2, 0) is 0 Å². The van der Waals surface area contributed by atoms with E-state index in [0.717, 1.165) is 6.08 Å². The SMILES string of the molecule is [CH3][Sn]([CH3])([CH3])[CH2]C=C(F)F. The molecular weight excluding hydrogens is 229 g/mol. The quantitative estimate of drug-likeness (QED) is 0.651. The molecule has 0 aromatic carbocycles. The Balaban J connectivity index is 3.64. The molecule has 0 bridgehead atoms. The molecule has 0 aromatic rings. The molecule has 3 heteroatoms. The van der Waals surface area contributed by atoms with Gasteiger partial charge in [-0.25, -0.2) is 0 Å². The van der Waals surface area contributed by atoms with E-state index in [1.165, 1.54) is 0 Å². The van der Waals surface area contributed by atoms with Crippen LogP contribution in [0.25, 0.3) is 0 Å². The van der Waals surface area contributed by atoms with Crippen molar-refractivity contribution in [2.24, 2.45) is 0 Å². The fourth-order valence-electron chi connectivity index (χ4n) is 0.383. The minimum atomic E-state index is -1.92. The molecule has 9 heavy (non-hydrogen) atoms. The zero-order valence-corrected chi connectivity index (χ0v) is 8.89. The first kappa shape index (κ1) is 9.40. The van der Waals surface area contributed by atoms with Gasteiger partial charge in [0.25, 0.3) is 0 Å². The number of hydrogen-bond donors (Lipinski definition) is 0. The molecule has 0 spiro atoms. The molecule has 0 aliphatic carbocycles. The first-order valence-electron chi connectivity index (χ1n) is 2.93. The van der Waals surface area contributed by atoms with Crippen molar-refractivity contribution in [1.82, 2.24) is 0 Å². The van der Waals surface area contributed by atoms with Gasteiger partial charge in [0.15, 0.2) is 0 Å². The molecule has 0 N–H and O–H groups in total. The summed E-state index contributed by atoms with van der Waals surface area (Å²) in [5, 5.41) is 0. The predicted octanol–water partition coefficient (Wildman–Crippen LogP) is 3.11. The molecule has 0 aromatic heterocycles. The second kappa shape index (κ2) is 3.54. The molecular formula is C6H12F2Sn. The summed E-state index contributed by atoms with van der Waals surface area (Å²) in [5.41, 5.74) is 0. The average molecular weight is 241 g/mol. The number of rotatable bonds is 2. The summed E-state index contributed by atoms with van der Waals surface area (Å²) in [4.78, 5) is 6.40. The van der Waals surface area contributed by atoms with Crippen LogP contribution in [0.4, 0.5) is 8.78 Å². The van der Waals surface area contributed by atoms with Crippen LogP contribution < -0.4 is 0 Å². The Kier molecular flexibility index (Phi) is 3.70. The number of halogens is 2. The average Bonchev–Trinajstić information content (AvgIpc) is 1.59. The van der Waals surface area contributed by atoms with Gasteiger partial charge in [-0.05, 0) is 0 Å². The summed E-state index contributed by atoms with van der Waals surface area (Å²) < 4.78 is 23.6. The van der Waals surface area contributed by atoms with Crippen LogP contribution in [0.2, 0.25) is 19.3 Å². The molecule has 0 fully saturated rings. The molecule has 0 unspecified atom stereocenters. The molecule has 0 radical (unpaired) electrons. The zero-order valence-electron chi connectivity index (χ0n) is 6.04. The summed E-state index contributed by atoms with van der Waals surface area (Å²) in [6, 6.07) is 0. The fraction of sp³-hybridized carbons (Fsp3) is 0.667. The van der Waals surface area contributed by atoms with Gasteiger partial charge in [-0.2, -0.15) is 0 Å². The summed E-state index contributed by atoms with van der Waals surface area (Å²) in [6.45, 7) is 0. The van der Waals surface area contributed by atoms with Crippen molar-refractivity contribution >= 4 is 18.4 Å². The van der Waals surface area contributed by atoms with Crippen LogP contribution in [0.3, 0.4) is 0 Å². The molecule has 0 saturated carbocycles. The van der Waals surface area contributed by atoms with Gasteiger partial charge in [0, 0.05) is 0 Å². The van der Waals surface area contributed by atoms with Gasteiger partial charge >= 0.3 is 58.6 Å². The van der Waals surface area contributed by atoms with E-state index in [4.69, 9.17) is 0 Å². The first-order valence-corrected chi connectivity index (χ1v) is 13.5. The van der Waals surface area contributed by atoms with E-state index in [2.05, 4.69) is 14.8 Å². The van der Waals surface area contributed by atoms with E-state index in [-0.39, 0.29) is 0 Å². The van der Waals surface area contributed by atoms with Gasteiger partial charge in [0.05, 0.1) is 0 Å². The Bertz CT molecular complexity index is 109. The maximum atomic E-state index is 11.5. The molecule has 0 saturated heterocycles. The van der Waals surface area contributed by atoms with Crippen LogP contribution in [0, 0.1) is 0 Å². The van der Waals surface area contributed by atoms with Gasteiger partial charge in [-0.1, -0.05) is 0 Å². The topological polar surface area (TPSA) is 0 Å². The van der Waals surface area contributed by atoms with E-state index in [0.29, 0.717) is 4.44 Å². The van der Waals surface area contributed by atoms with Gasteiger partial charge < -0.3 is 0 Å². The summed E-state index contributed by atoms with van der Waals surface area (Å²) in [6.07, 6.45) is -0.475. The van der Waals surface area contributed by atoms with E-state index >= 15 is 0 Å².